The van der Waals surface area contributed by atoms with Gasteiger partial charge in [0.05, 0.1) is 14.2 Å². The molecule has 0 spiro atoms. The van der Waals surface area contributed by atoms with E-state index in [1.807, 2.05) is 12.1 Å². The summed E-state index contributed by atoms with van der Waals surface area (Å²) in [5.41, 5.74) is 6.08. The molecule has 0 radical (unpaired) electrons. The zero-order valence-electron chi connectivity index (χ0n) is 12.8. The van der Waals surface area contributed by atoms with Crippen LogP contribution in [-0.4, -0.2) is 18.6 Å². The normalized spacial score (nSPS) is 10.9. The highest BCUT2D eigenvalue weighted by Gasteiger charge is 2.12. The molecule has 1 aromatic carbocycles. The summed E-state index contributed by atoms with van der Waals surface area (Å²) in [6.45, 7) is 4.27. The summed E-state index contributed by atoms with van der Waals surface area (Å²) in [4.78, 5) is 0. The lowest BCUT2D eigenvalue weighted by molar-refractivity contribution is 0.355. The second-order valence-electron chi connectivity index (χ2n) is 5.16. The van der Waals surface area contributed by atoms with E-state index in [9.17, 15) is 0 Å². The number of fused-ring (bicyclic) bond motifs is 1. The first kappa shape index (κ1) is 13.6. The Bertz CT molecular complexity index is 802. The van der Waals surface area contributed by atoms with E-state index < -0.39 is 0 Å². The van der Waals surface area contributed by atoms with E-state index in [1.165, 1.54) is 22.3 Å². The summed E-state index contributed by atoms with van der Waals surface area (Å²) in [5, 5.41) is 0. The van der Waals surface area contributed by atoms with Gasteiger partial charge in [-0.05, 0) is 49.2 Å². The molecule has 3 heteroatoms. The predicted molar refractivity (Wildman–Crippen MR) is 85.4 cm³/mol. The van der Waals surface area contributed by atoms with Gasteiger partial charge in [0, 0.05) is 23.0 Å². The number of hydrogen-bond acceptors (Lipinski definition) is 2. The Hall–Kier alpha value is -2.42. The number of aromatic nitrogens is 1. The second kappa shape index (κ2) is 5.17. The molecule has 0 atom stereocenters. The van der Waals surface area contributed by atoms with Gasteiger partial charge in [0.1, 0.15) is 0 Å². The predicted octanol–water partition coefficient (Wildman–Crippen LogP) is 4.24. The molecule has 3 rings (SSSR count). The zero-order chi connectivity index (χ0) is 15.0. The van der Waals surface area contributed by atoms with Crippen molar-refractivity contribution in [3.05, 3.63) is 53.9 Å². The molecule has 0 bridgehead atoms. The minimum atomic E-state index is 0.749. The monoisotopic (exact) mass is 281 g/mol. The lowest BCUT2D eigenvalue weighted by atomic mass is 10.1. The van der Waals surface area contributed by atoms with Gasteiger partial charge in [0.25, 0.3) is 0 Å². The molecule has 0 unspecified atom stereocenters. The molecule has 0 aliphatic heterocycles. The van der Waals surface area contributed by atoms with Crippen LogP contribution in [0.4, 0.5) is 0 Å². The average Bonchev–Trinajstić information content (AvgIpc) is 2.85. The number of aryl methyl sites for hydroxylation is 2. The van der Waals surface area contributed by atoms with Gasteiger partial charge in [-0.3, -0.25) is 0 Å². The summed E-state index contributed by atoms with van der Waals surface area (Å²) < 4.78 is 12.9. The van der Waals surface area contributed by atoms with Gasteiger partial charge in [0.2, 0.25) is 0 Å². The van der Waals surface area contributed by atoms with E-state index in [-0.39, 0.29) is 0 Å². The highest BCUT2D eigenvalue weighted by Crippen LogP contribution is 2.35. The van der Waals surface area contributed by atoms with Crippen LogP contribution in [0.5, 0.6) is 11.5 Å². The maximum atomic E-state index is 5.40. The van der Waals surface area contributed by atoms with E-state index >= 15 is 0 Å². The van der Waals surface area contributed by atoms with Crippen LogP contribution >= 0.6 is 0 Å². The molecule has 3 aromatic rings. The van der Waals surface area contributed by atoms with Gasteiger partial charge >= 0.3 is 0 Å². The van der Waals surface area contributed by atoms with Crippen molar-refractivity contribution >= 4 is 5.52 Å². The van der Waals surface area contributed by atoms with Crippen molar-refractivity contribution in [2.45, 2.75) is 13.8 Å². The summed E-state index contributed by atoms with van der Waals surface area (Å²) in [7, 11) is 3.31. The van der Waals surface area contributed by atoms with Crippen LogP contribution in [0.25, 0.3) is 16.6 Å². The largest absolute Gasteiger partial charge is 0.493 e. The highest BCUT2D eigenvalue weighted by molar-refractivity contribution is 5.76. The first-order valence-electron chi connectivity index (χ1n) is 6.95. The number of pyridine rings is 1. The van der Waals surface area contributed by atoms with E-state index in [1.54, 1.807) is 14.2 Å². The quantitative estimate of drug-likeness (QED) is 0.716. The molecule has 108 valence electrons. The fraction of sp³-hybridized carbons (Fsp3) is 0.222. The minimum Gasteiger partial charge on any atom is -0.493 e. The van der Waals surface area contributed by atoms with Crippen molar-refractivity contribution in [1.82, 2.24) is 4.40 Å². The fourth-order valence-electron chi connectivity index (χ4n) is 2.77. The van der Waals surface area contributed by atoms with Crippen molar-refractivity contribution in [1.29, 1.82) is 0 Å². The number of ether oxygens (including phenoxy) is 2. The van der Waals surface area contributed by atoms with Crippen molar-refractivity contribution in [3.63, 3.8) is 0 Å². The highest BCUT2D eigenvalue weighted by atomic mass is 16.5. The van der Waals surface area contributed by atoms with Gasteiger partial charge in [-0.2, -0.15) is 0 Å². The van der Waals surface area contributed by atoms with Crippen LogP contribution in [0.15, 0.2) is 42.6 Å². The van der Waals surface area contributed by atoms with Crippen LogP contribution in [0.2, 0.25) is 0 Å². The Kier molecular flexibility index (Phi) is 3.34. The summed E-state index contributed by atoms with van der Waals surface area (Å²) in [6.07, 6.45) is 2.10. The molecular formula is C18H19NO2. The lowest BCUT2D eigenvalue weighted by Gasteiger charge is -2.09. The summed E-state index contributed by atoms with van der Waals surface area (Å²) >= 11 is 0. The Labute approximate surface area is 124 Å². The Morgan fingerprint density at radius 2 is 1.67 bits per heavy atom. The average molecular weight is 281 g/mol. The van der Waals surface area contributed by atoms with E-state index in [4.69, 9.17) is 9.47 Å². The Morgan fingerprint density at radius 1 is 0.905 bits per heavy atom. The van der Waals surface area contributed by atoms with Gasteiger partial charge < -0.3 is 13.9 Å². The minimum absolute atomic E-state index is 0.749. The van der Waals surface area contributed by atoms with Crippen molar-refractivity contribution in [2.75, 3.05) is 14.2 Å². The van der Waals surface area contributed by atoms with Crippen LogP contribution in [0, 0.1) is 13.8 Å². The molecule has 0 amide bonds. The van der Waals surface area contributed by atoms with Crippen molar-refractivity contribution < 1.29 is 9.47 Å². The number of methoxy groups -OCH3 is 2. The van der Waals surface area contributed by atoms with Crippen LogP contribution in [-0.2, 0) is 0 Å². The first-order valence-corrected chi connectivity index (χ1v) is 6.95. The summed E-state index contributed by atoms with van der Waals surface area (Å²) in [5.74, 6) is 1.50. The number of hydrogen-bond donors (Lipinski definition) is 0. The van der Waals surface area contributed by atoms with Gasteiger partial charge in [-0.15, -0.1) is 0 Å². The smallest absolute Gasteiger partial charge is 0.161 e. The molecule has 21 heavy (non-hydrogen) atoms. The van der Waals surface area contributed by atoms with Crippen molar-refractivity contribution in [3.8, 4) is 22.6 Å². The third-order valence-corrected chi connectivity index (χ3v) is 3.97. The third kappa shape index (κ3) is 2.15. The lowest BCUT2D eigenvalue weighted by Crippen LogP contribution is -1.91. The van der Waals surface area contributed by atoms with E-state index in [2.05, 4.69) is 48.7 Å². The van der Waals surface area contributed by atoms with Gasteiger partial charge in [-0.25, -0.2) is 0 Å². The molecule has 0 aliphatic rings. The molecule has 0 N–H and O–H groups in total. The van der Waals surface area contributed by atoms with Crippen molar-refractivity contribution in [2.24, 2.45) is 0 Å². The first-order chi connectivity index (χ1) is 10.2. The maximum Gasteiger partial charge on any atom is 0.161 e. The molecule has 0 fully saturated rings. The van der Waals surface area contributed by atoms with Gasteiger partial charge in [-0.1, -0.05) is 12.1 Å². The molecule has 3 nitrogen and oxygen atoms in total. The van der Waals surface area contributed by atoms with Crippen LogP contribution < -0.4 is 9.47 Å². The molecule has 2 heterocycles. The molecule has 0 saturated carbocycles. The molecule has 0 aliphatic carbocycles. The number of rotatable bonds is 3. The van der Waals surface area contributed by atoms with E-state index in [0.29, 0.717) is 0 Å². The molecule has 0 saturated heterocycles. The second-order valence-corrected chi connectivity index (χ2v) is 5.16. The Balaban J connectivity index is 2.21. The molecule has 2 aromatic heterocycles. The topological polar surface area (TPSA) is 22.9 Å². The Morgan fingerprint density at radius 3 is 2.33 bits per heavy atom. The van der Waals surface area contributed by atoms with E-state index in [0.717, 1.165) is 17.1 Å². The SMILES string of the molecule is COc1ccc(-c2cc3c(C)cccn3c2C)cc1OC. The zero-order valence-corrected chi connectivity index (χ0v) is 12.8. The van der Waals surface area contributed by atoms with Crippen LogP contribution in [0.3, 0.4) is 0 Å². The fourth-order valence-corrected chi connectivity index (χ4v) is 2.77. The summed E-state index contributed by atoms with van der Waals surface area (Å²) in [6, 6.07) is 12.5. The standard InChI is InChI=1S/C18H19NO2/c1-12-6-5-9-19-13(2)15(11-16(12)19)14-7-8-17(20-3)18(10-14)21-4/h5-11H,1-4H3. The number of benzene rings is 1. The van der Waals surface area contributed by atoms with Gasteiger partial charge in [0.15, 0.2) is 11.5 Å². The van der Waals surface area contributed by atoms with Crippen LogP contribution in [0.1, 0.15) is 11.3 Å². The number of nitrogens with zero attached hydrogens (tertiary/aromatic N) is 1. The molecular weight excluding hydrogens is 262 g/mol. The maximum absolute atomic E-state index is 5.40. The third-order valence-electron chi connectivity index (χ3n) is 3.97.